The van der Waals surface area contributed by atoms with Crippen LogP contribution in [0.15, 0.2) is 24.3 Å². The van der Waals surface area contributed by atoms with Crippen molar-refractivity contribution in [2.45, 2.75) is 26.2 Å². The Morgan fingerprint density at radius 1 is 1.47 bits per heavy atom. The molecule has 0 bridgehead atoms. The molecule has 0 spiro atoms. The number of benzene rings is 1. The molecule has 0 aliphatic rings. The number of rotatable bonds is 5. The Hall–Kier alpha value is -1.64. The van der Waals surface area contributed by atoms with Gasteiger partial charge in [-0.15, -0.1) is 0 Å². The van der Waals surface area contributed by atoms with E-state index in [1.165, 1.54) is 6.07 Å². The smallest absolute Gasteiger partial charge is 0.311 e. The van der Waals surface area contributed by atoms with Crippen LogP contribution in [0.5, 0.6) is 5.75 Å². The number of ether oxygens (including phenoxy) is 1. The van der Waals surface area contributed by atoms with E-state index in [4.69, 9.17) is 4.74 Å². The summed E-state index contributed by atoms with van der Waals surface area (Å²) in [4.78, 5) is 21.6. The van der Waals surface area contributed by atoms with Crippen molar-refractivity contribution >= 4 is 12.3 Å². The zero-order valence-corrected chi connectivity index (χ0v) is 8.66. The third kappa shape index (κ3) is 3.94. The molecular weight excluding hydrogens is 192 g/mol. The second-order valence-corrected chi connectivity index (χ2v) is 3.21. The maximum atomic E-state index is 11.3. The highest BCUT2D eigenvalue weighted by atomic mass is 16.5. The summed E-state index contributed by atoms with van der Waals surface area (Å²) >= 11 is 0. The quantitative estimate of drug-likeness (QED) is 0.547. The summed E-state index contributed by atoms with van der Waals surface area (Å²) in [6, 6.07) is 6.40. The zero-order valence-electron chi connectivity index (χ0n) is 8.66. The van der Waals surface area contributed by atoms with Crippen molar-refractivity contribution in [3.05, 3.63) is 29.8 Å². The van der Waals surface area contributed by atoms with Crippen molar-refractivity contribution in [2.75, 3.05) is 0 Å². The fourth-order valence-corrected chi connectivity index (χ4v) is 1.13. The van der Waals surface area contributed by atoms with Gasteiger partial charge in [-0.1, -0.05) is 25.5 Å². The fourth-order valence-electron chi connectivity index (χ4n) is 1.13. The fraction of sp³-hybridized carbons (Fsp3) is 0.333. The molecule has 79 valence electrons. The molecule has 0 atom stereocenters. The third-order valence-electron chi connectivity index (χ3n) is 1.92. The molecule has 1 radical (unpaired) electrons. The van der Waals surface area contributed by atoms with Crippen LogP contribution in [0.2, 0.25) is 0 Å². The number of hydrogen-bond acceptors (Lipinski definition) is 3. The molecule has 1 aromatic carbocycles. The molecule has 1 aromatic rings. The van der Waals surface area contributed by atoms with Gasteiger partial charge in [0.2, 0.25) is 6.29 Å². The normalized spacial score (nSPS) is 9.67. The van der Waals surface area contributed by atoms with Crippen molar-refractivity contribution in [3.63, 3.8) is 0 Å². The van der Waals surface area contributed by atoms with E-state index in [0.717, 1.165) is 12.8 Å². The molecule has 1 rings (SSSR count). The van der Waals surface area contributed by atoms with Crippen LogP contribution in [0.4, 0.5) is 0 Å². The molecule has 0 unspecified atom stereocenters. The van der Waals surface area contributed by atoms with Gasteiger partial charge in [-0.2, -0.15) is 0 Å². The molecule has 0 amide bonds. The number of carbonyl (C=O) groups excluding carboxylic acids is 2. The van der Waals surface area contributed by atoms with Crippen molar-refractivity contribution in [1.29, 1.82) is 0 Å². The summed E-state index contributed by atoms with van der Waals surface area (Å²) in [7, 11) is 0. The van der Waals surface area contributed by atoms with Crippen molar-refractivity contribution in [3.8, 4) is 5.75 Å². The first-order chi connectivity index (χ1) is 7.26. The second kappa shape index (κ2) is 5.96. The summed E-state index contributed by atoms with van der Waals surface area (Å²) in [5.74, 6) is 0.136. The molecule has 0 aliphatic carbocycles. The highest BCUT2D eigenvalue weighted by Crippen LogP contribution is 2.13. The number of esters is 1. The van der Waals surface area contributed by atoms with E-state index in [0.29, 0.717) is 17.7 Å². The second-order valence-electron chi connectivity index (χ2n) is 3.21. The largest absolute Gasteiger partial charge is 0.427 e. The molecule has 0 aliphatic heterocycles. The Kier molecular flexibility index (Phi) is 4.54. The van der Waals surface area contributed by atoms with E-state index in [2.05, 4.69) is 0 Å². The van der Waals surface area contributed by atoms with Gasteiger partial charge in [-0.3, -0.25) is 9.59 Å². The van der Waals surface area contributed by atoms with E-state index in [1.54, 1.807) is 24.5 Å². The SMILES string of the molecule is CCCCC(=O)Oc1cccc([C]=O)c1. The van der Waals surface area contributed by atoms with Crippen LogP contribution < -0.4 is 4.74 Å². The lowest BCUT2D eigenvalue weighted by Crippen LogP contribution is -2.07. The summed E-state index contributed by atoms with van der Waals surface area (Å²) in [5.41, 5.74) is 0.385. The summed E-state index contributed by atoms with van der Waals surface area (Å²) in [6.45, 7) is 2.01. The van der Waals surface area contributed by atoms with Gasteiger partial charge in [-0.05, 0) is 18.6 Å². The summed E-state index contributed by atoms with van der Waals surface area (Å²) in [5, 5.41) is 0. The Bertz CT molecular complexity index is 344. The topological polar surface area (TPSA) is 43.4 Å². The molecule has 3 nitrogen and oxygen atoms in total. The monoisotopic (exact) mass is 205 g/mol. The van der Waals surface area contributed by atoms with Crippen LogP contribution in [0.25, 0.3) is 0 Å². The van der Waals surface area contributed by atoms with Gasteiger partial charge in [0, 0.05) is 12.0 Å². The average Bonchev–Trinajstić information content (AvgIpc) is 2.26. The van der Waals surface area contributed by atoms with Crippen LogP contribution in [0.1, 0.15) is 31.7 Å². The predicted molar refractivity (Wildman–Crippen MR) is 56.4 cm³/mol. The minimum atomic E-state index is -0.264. The predicted octanol–water partition coefficient (Wildman–Crippen LogP) is 2.24. The van der Waals surface area contributed by atoms with Crippen LogP contribution in [-0.4, -0.2) is 12.3 Å². The first-order valence-corrected chi connectivity index (χ1v) is 4.95. The van der Waals surface area contributed by atoms with E-state index in [-0.39, 0.29) is 5.97 Å². The maximum absolute atomic E-state index is 11.3. The lowest BCUT2D eigenvalue weighted by atomic mass is 10.2. The van der Waals surface area contributed by atoms with Gasteiger partial charge < -0.3 is 4.74 Å². The Labute approximate surface area is 89.1 Å². The van der Waals surface area contributed by atoms with Gasteiger partial charge >= 0.3 is 5.97 Å². The Balaban J connectivity index is 2.56. The van der Waals surface area contributed by atoms with Gasteiger partial charge in [0.1, 0.15) is 5.75 Å². The molecule has 0 fully saturated rings. The van der Waals surface area contributed by atoms with Crippen LogP contribution in [0, 0.1) is 0 Å². The van der Waals surface area contributed by atoms with Crippen molar-refractivity contribution < 1.29 is 14.3 Å². The van der Waals surface area contributed by atoms with Crippen LogP contribution in [-0.2, 0) is 9.59 Å². The summed E-state index contributed by atoms with van der Waals surface area (Å²) < 4.78 is 5.04. The van der Waals surface area contributed by atoms with Crippen molar-refractivity contribution in [2.24, 2.45) is 0 Å². The molecule has 0 heterocycles. The Morgan fingerprint density at radius 3 is 2.93 bits per heavy atom. The minimum absolute atomic E-state index is 0.264. The highest BCUT2D eigenvalue weighted by molar-refractivity contribution is 5.77. The first kappa shape index (κ1) is 11.4. The van der Waals surface area contributed by atoms with Gasteiger partial charge in [0.15, 0.2) is 0 Å². The molecule has 0 N–H and O–H groups in total. The minimum Gasteiger partial charge on any atom is -0.427 e. The number of hydrogen-bond donors (Lipinski definition) is 0. The Morgan fingerprint density at radius 2 is 2.27 bits per heavy atom. The van der Waals surface area contributed by atoms with Gasteiger partial charge in [0.25, 0.3) is 0 Å². The number of unbranched alkanes of at least 4 members (excludes halogenated alkanes) is 1. The lowest BCUT2D eigenvalue weighted by Gasteiger charge is -2.03. The molecule has 0 saturated carbocycles. The van der Waals surface area contributed by atoms with Gasteiger partial charge in [0.05, 0.1) is 0 Å². The van der Waals surface area contributed by atoms with E-state index in [1.807, 2.05) is 6.92 Å². The molecule has 3 heteroatoms. The van der Waals surface area contributed by atoms with Gasteiger partial charge in [-0.25, -0.2) is 0 Å². The van der Waals surface area contributed by atoms with E-state index >= 15 is 0 Å². The van der Waals surface area contributed by atoms with E-state index in [9.17, 15) is 9.59 Å². The number of carbonyl (C=O) groups is 1. The van der Waals surface area contributed by atoms with Crippen LogP contribution >= 0.6 is 0 Å². The summed E-state index contributed by atoms with van der Waals surface area (Å²) in [6.07, 6.45) is 3.92. The van der Waals surface area contributed by atoms with Crippen LogP contribution in [0.3, 0.4) is 0 Å². The zero-order chi connectivity index (χ0) is 11.1. The highest BCUT2D eigenvalue weighted by Gasteiger charge is 2.04. The average molecular weight is 205 g/mol. The third-order valence-corrected chi connectivity index (χ3v) is 1.92. The first-order valence-electron chi connectivity index (χ1n) is 4.95. The lowest BCUT2D eigenvalue weighted by molar-refractivity contribution is -0.134. The maximum Gasteiger partial charge on any atom is 0.311 e. The molecule has 0 aromatic heterocycles. The standard InChI is InChI=1S/C12H13O3/c1-2-3-7-12(14)15-11-6-4-5-10(8-11)9-13/h4-6,8H,2-3,7H2,1H3. The van der Waals surface area contributed by atoms with E-state index < -0.39 is 0 Å². The molecular formula is C12H13O3. The molecule has 15 heavy (non-hydrogen) atoms. The van der Waals surface area contributed by atoms with Crippen molar-refractivity contribution in [1.82, 2.24) is 0 Å². The molecule has 0 saturated heterocycles.